The van der Waals surface area contributed by atoms with Gasteiger partial charge in [-0.1, -0.05) is 0 Å². The highest BCUT2D eigenvalue weighted by atomic mass is 19.1. The van der Waals surface area contributed by atoms with Crippen LogP contribution in [0.3, 0.4) is 0 Å². The number of ether oxygens (including phenoxy) is 2. The normalized spacial score (nSPS) is 18.7. The van der Waals surface area contributed by atoms with Crippen LogP contribution in [0, 0.1) is 5.82 Å². The number of hydrogen-bond donors (Lipinski definition) is 0. The number of rotatable bonds is 3. The molecule has 1 atom stereocenters. The molecule has 0 spiro atoms. The molecule has 0 saturated carbocycles. The van der Waals surface area contributed by atoms with Crippen molar-refractivity contribution in [2.75, 3.05) is 26.8 Å². The number of carbonyl (C=O) groups excluding carboxylic acids is 2. The van der Waals surface area contributed by atoms with Crippen LogP contribution in [0.25, 0.3) is 0 Å². The molecular formula is C13H15FN2O4. The molecule has 1 aromatic rings. The quantitative estimate of drug-likeness (QED) is 0.760. The van der Waals surface area contributed by atoms with E-state index >= 15 is 0 Å². The van der Waals surface area contributed by atoms with Crippen molar-refractivity contribution in [3.8, 4) is 0 Å². The summed E-state index contributed by atoms with van der Waals surface area (Å²) in [6.07, 6.45) is 2.01. The summed E-state index contributed by atoms with van der Waals surface area (Å²) in [7, 11) is 1.29. The minimum Gasteiger partial charge on any atom is -0.469 e. The number of amides is 1. The molecule has 2 heterocycles. The lowest BCUT2D eigenvalue weighted by molar-refractivity contribution is -0.145. The molecule has 0 N–H and O–H groups in total. The zero-order valence-electron chi connectivity index (χ0n) is 11.0. The fraction of sp³-hybridized carbons (Fsp3) is 0.462. The number of aromatic nitrogens is 1. The van der Waals surface area contributed by atoms with Gasteiger partial charge in [-0.2, -0.15) is 0 Å². The molecule has 20 heavy (non-hydrogen) atoms. The van der Waals surface area contributed by atoms with Crippen molar-refractivity contribution < 1.29 is 23.5 Å². The van der Waals surface area contributed by atoms with E-state index < -0.39 is 23.8 Å². The second-order valence-electron chi connectivity index (χ2n) is 4.38. The van der Waals surface area contributed by atoms with E-state index in [1.165, 1.54) is 24.3 Å². The van der Waals surface area contributed by atoms with E-state index in [9.17, 15) is 14.0 Å². The third-order valence-electron chi connectivity index (χ3n) is 3.05. The molecule has 1 saturated heterocycles. The Balaban J connectivity index is 2.03. The Kier molecular flexibility index (Phi) is 4.62. The Labute approximate surface area is 115 Å². The second-order valence-corrected chi connectivity index (χ2v) is 4.38. The molecule has 1 fully saturated rings. The minimum absolute atomic E-state index is 0.0290. The molecule has 6 nitrogen and oxygen atoms in total. The first-order valence-electron chi connectivity index (χ1n) is 6.19. The van der Waals surface area contributed by atoms with Crippen LogP contribution < -0.4 is 0 Å². The third-order valence-corrected chi connectivity index (χ3v) is 3.05. The summed E-state index contributed by atoms with van der Waals surface area (Å²) in [6, 6.07) is 1.34. The van der Waals surface area contributed by atoms with Gasteiger partial charge in [0.05, 0.1) is 38.0 Å². The first-order valence-corrected chi connectivity index (χ1v) is 6.19. The fourth-order valence-corrected chi connectivity index (χ4v) is 2.02. The molecule has 1 amide bonds. The molecule has 108 valence electrons. The van der Waals surface area contributed by atoms with E-state index in [0.29, 0.717) is 13.2 Å². The third kappa shape index (κ3) is 3.30. The number of nitrogens with zero attached hydrogens (tertiary/aromatic N) is 2. The smallest absolute Gasteiger partial charge is 0.308 e. The van der Waals surface area contributed by atoms with E-state index in [1.54, 1.807) is 0 Å². The van der Waals surface area contributed by atoms with E-state index in [-0.39, 0.29) is 18.5 Å². The Bertz CT molecular complexity index is 509. The first kappa shape index (κ1) is 14.4. The Morgan fingerprint density at radius 2 is 2.40 bits per heavy atom. The summed E-state index contributed by atoms with van der Waals surface area (Å²) in [5.41, 5.74) is -0.0290. The summed E-state index contributed by atoms with van der Waals surface area (Å²) in [5, 5.41) is 0. The lowest BCUT2D eigenvalue weighted by Crippen LogP contribution is -2.46. The second kappa shape index (κ2) is 6.42. The number of pyridine rings is 1. The van der Waals surface area contributed by atoms with Gasteiger partial charge in [0.15, 0.2) is 5.82 Å². The van der Waals surface area contributed by atoms with Crippen LogP contribution in [0.4, 0.5) is 4.39 Å². The molecule has 1 unspecified atom stereocenters. The molecule has 0 radical (unpaired) electrons. The SMILES string of the molecule is COC(=O)CC1CN(C(=O)c2ccncc2F)CCO1. The molecule has 0 aliphatic carbocycles. The van der Waals surface area contributed by atoms with E-state index in [0.717, 1.165) is 6.20 Å². The van der Waals surface area contributed by atoms with Crippen molar-refractivity contribution in [2.24, 2.45) is 0 Å². The molecule has 0 aromatic carbocycles. The zero-order valence-corrected chi connectivity index (χ0v) is 11.0. The fourth-order valence-electron chi connectivity index (χ4n) is 2.02. The van der Waals surface area contributed by atoms with Crippen molar-refractivity contribution in [1.29, 1.82) is 0 Å². The molecule has 1 aliphatic heterocycles. The average molecular weight is 282 g/mol. The topological polar surface area (TPSA) is 68.7 Å². The van der Waals surface area contributed by atoms with Gasteiger partial charge in [0.2, 0.25) is 0 Å². The van der Waals surface area contributed by atoms with Crippen molar-refractivity contribution >= 4 is 11.9 Å². The standard InChI is InChI=1S/C13H15FN2O4/c1-19-12(17)6-9-8-16(4-5-20-9)13(18)10-2-3-15-7-11(10)14/h2-3,7,9H,4-6,8H2,1H3. The number of esters is 1. The van der Waals surface area contributed by atoms with Crippen LogP contribution in [-0.4, -0.2) is 54.7 Å². The summed E-state index contributed by atoms with van der Waals surface area (Å²) in [5.74, 6) is -1.49. The predicted molar refractivity (Wildman–Crippen MR) is 66.5 cm³/mol. The van der Waals surface area contributed by atoms with Gasteiger partial charge in [-0.15, -0.1) is 0 Å². The van der Waals surface area contributed by atoms with Gasteiger partial charge in [-0.3, -0.25) is 14.6 Å². The maximum absolute atomic E-state index is 13.5. The van der Waals surface area contributed by atoms with Gasteiger partial charge in [0.25, 0.3) is 5.91 Å². The van der Waals surface area contributed by atoms with Crippen molar-refractivity contribution in [3.63, 3.8) is 0 Å². The summed E-state index contributed by atoms with van der Waals surface area (Å²) >= 11 is 0. The van der Waals surface area contributed by atoms with Crippen LogP contribution in [0.15, 0.2) is 18.5 Å². The first-order chi connectivity index (χ1) is 9.61. The maximum Gasteiger partial charge on any atom is 0.308 e. The van der Waals surface area contributed by atoms with Gasteiger partial charge >= 0.3 is 5.97 Å². The lowest BCUT2D eigenvalue weighted by atomic mass is 10.1. The van der Waals surface area contributed by atoms with E-state index in [1.807, 2.05) is 0 Å². The van der Waals surface area contributed by atoms with Crippen LogP contribution >= 0.6 is 0 Å². The van der Waals surface area contributed by atoms with Gasteiger partial charge < -0.3 is 14.4 Å². The zero-order chi connectivity index (χ0) is 14.5. The van der Waals surface area contributed by atoms with Crippen molar-refractivity contribution in [1.82, 2.24) is 9.88 Å². The molecular weight excluding hydrogens is 267 g/mol. The molecule has 1 aliphatic rings. The Morgan fingerprint density at radius 3 is 3.10 bits per heavy atom. The monoisotopic (exact) mass is 282 g/mol. The van der Waals surface area contributed by atoms with E-state index in [4.69, 9.17) is 4.74 Å². The van der Waals surface area contributed by atoms with Crippen LogP contribution in [0.1, 0.15) is 16.8 Å². The molecule has 7 heteroatoms. The molecule has 2 rings (SSSR count). The van der Waals surface area contributed by atoms with Crippen LogP contribution in [-0.2, 0) is 14.3 Å². The van der Waals surface area contributed by atoms with Crippen molar-refractivity contribution in [2.45, 2.75) is 12.5 Å². The largest absolute Gasteiger partial charge is 0.469 e. The Morgan fingerprint density at radius 1 is 1.60 bits per heavy atom. The van der Waals surface area contributed by atoms with E-state index in [2.05, 4.69) is 9.72 Å². The molecule has 0 bridgehead atoms. The number of halogens is 1. The molecule has 1 aromatic heterocycles. The predicted octanol–water partition coefficient (Wildman–Crippen LogP) is 0.625. The lowest BCUT2D eigenvalue weighted by Gasteiger charge is -2.32. The van der Waals surface area contributed by atoms with Crippen LogP contribution in [0.5, 0.6) is 0 Å². The maximum atomic E-state index is 13.5. The summed E-state index contributed by atoms with van der Waals surface area (Å²) in [6.45, 7) is 0.897. The van der Waals surface area contributed by atoms with Gasteiger partial charge in [0.1, 0.15) is 0 Å². The summed E-state index contributed by atoms with van der Waals surface area (Å²) < 4.78 is 23.5. The highest BCUT2D eigenvalue weighted by Gasteiger charge is 2.28. The number of methoxy groups -OCH3 is 1. The highest BCUT2D eigenvalue weighted by Crippen LogP contribution is 2.14. The van der Waals surface area contributed by atoms with Gasteiger partial charge in [0, 0.05) is 19.3 Å². The van der Waals surface area contributed by atoms with Crippen molar-refractivity contribution in [3.05, 3.63) is 29.8 Å². The van der Waals surface area contributed by atoms with Gasteiger partial charge in [-0.05, 0) is 6.07 Å². The highest BCUT2D eigenvalue weighted by molar-refractivity contribution is 5.94. The number of morpholine rings is 1. The number of carbonyl (C=O) groups is 2. The Hall–Kier alpha value is -2.02. The minimum atomic E-state index is -0.659. The average Bonchev–Trinajstić information content (AvgIpc) is 2.47. The van der Waals surface area contributed by atoms with Gasteiger partial charge in [-0.25, -0.2) is 4.39 Å². The van der Waals surface area contributed by atoms with Crippen LogP contribution in [0.2, 0.25) is 0 Å². The number of hydrogen-bond acceptors (Lipinski definition) is 5. The summed E-state index contributed by atoms with van der Waals surface area (Å²) in [4.78, 5) is 28.5.